The van der Waals surface area contributed by atoms with Crippen LogP contribution in [0.2, 0.25) is 0 Å². The maximum absolute atomic E-state index is 11.7. The molecule has 7 nitrogen and oxygen atoms in total. The Balaban J connectivity index is 1.41. The number of nitrogens with one attached hydrogen (secondary N) is 2. The third-order valence-electron chi connectivity index (χ3n) is 4.00. The van der Waals surface area contributed by atoms with Crippen LogP contribution in [0.4, 0.5) is 4.79 Å². The number of hydrogen-bond acceptors (Lipinski definition) is 5. The van der Waals surface area contributed by atoms with Crippen molar-refractivity contribution in [3.05, 3.63) is 35.9 Å². The van der Waals surface area contributed by atoms with Crippen molar-refractivity contribution in [2.75, 3.05) is 13.2 Å². The summed E-state index contributed by atoms with van der Waals surface area (Å²) < 4.78 is 10.5. The van der Waals surface area contributed by atoms with Crippen LogP contribution in [0.15, 0.2) is 30.3 Å². The highest BCUT2D eigenvalue weighted by atomic mass is 16.8. The third-order valence-corrected chi connectivity index (χ3v) is 4.00. The van der Waals surface area contributed by atoms with Gasteiger partial charge in [0.25, 0.3) is 0 Å². The minimum atomic E-state index is -0.424. The van der Waals surface area contributed by atoms with E-state index in [1.807, 2.05) is 30.3 Å². The number of alkyl carbamates (subject to hydrolysis) is 1. The third kappa shape index (κ3) is 8.82. The first-order valence-electron chi connectivity index (χ1n) is 9.24. The van der Waals surface area contributed by atoms with Gasteiger partial charge in [0.05, 0.1) is 0 Å². The number of benzene rings is 1. The fourth-order valence-corrected chi connectivity index (χ4v) is 2.54. The van der Waals surface area contributed by atoms with Crippen molar-refractivity contribution in [3.63, 3.8) is 0 Å². The van der Waals surface area contributed by atoms with Crippen LogP contribution >= 0.6 is 0 Å². The molecule has 1 aromatic rings. The highest BCUT2D eigenvalue weighted by molar-refractivity contribution is 5.74. The normalized spacial score (nSPS) is 16.7. The molecule has 0 bridgehead atoms. The monoisotopic (exact) mass is 364 g/mol. The average Bonchev–Trinajstić information content (AvgIpc) is 2.69. The Labute approximate surface area is 154 Å². The van der Waals surface area contributed by atoms with E-state index < -0.39 is 6.09 Å². The van der Waals surface area contributed by atoms with E-state index in [1.165, 1.54) is 0 Å². The summed E-state index contributed by atoms with van der Waals surface area (Å²) in [5.41, 5.74) is 3.39. The molecule has 0 aliphatic carbocycles. The zero-order valence-electron chi connectivity index (χ0n) is 15.1. The first-order chi connectivity index (χ1) is 12.7. The second kappa shape index (κ2) is 12.3. The van der Waals surface area contributed by atoms with Gasteiger partial charge in [0.15, 0.2) is 6.29 Å². The van der Waals surface area contributed by atoms with Gasteiger partial charge < -0.3 is 14.8 Å². The molecule has 0 aromatic heterocycles. The molecule has 1 unspecified atom stereocenters. The molecule has 0 saturated carbocycles. The van der Waals surface area contributed by atoms with Crippen LogP contribution in [-0.4, -0.2) is 31.4 Å². The molecule has 7 heteroatoms. The first kappa shape index (κ1) is 20.2. The van der Waals surface area contributed by atoms with Crippen LogP contribution in [0.3, 0.4) is 0 Å². The molecule has 1 fully saturated rings. The summed E-state index contributed by atoms with van der Waals surface area (Å²) >= 11 is 0. The highest BCUT2D eigenvalue weighted by Crippen LogP contribution is 2.12. The number of rotatable bonds is 10. The van der Waals surface area contributed by atoms with E-state index in [4.69, 9.17) is 14.3 Å². The molecule has 1 saturated heterocycles. The number of amides is 2. The quantitative estimate of drug-likeness (QED) is 0.492. The van der Waals surface area contributed by atoms with Gasteiger partial charge in [-0.25, -0.2) is 15.1 Å². The number of unbranched alkanes of at least 4 members (excludes halogenated alkanes) is 2. The number of carbonyl (C=O) groups is 2. The van der Waals surface area contributed by atoms with Crippen LogP contribution in [0.1, 0.15) is 50.5 Å². The first-order valence-corrected chi connectivity index (χ1v) is 9.24. The maximum Gasteiger partial charge on any atom is 0.407 e. The molecule has 0 radical (unpaired) electrons. The second-order valence-electron chi connectivity index (χ2n) is 6.24. The van der Waals surface area contributed by atoms with Crippen LogP contribution in [0.25, 0.3) is 0 Å². The van der Waals surface area contributed by atoms with Gasteiger partial charge in [-0.15, -0.1) is 0 Å². The summed E-state index contributed by atoms with van der Waals surface area (Å²) in [5.74, 6) is -0.144. The van der Waals surface area contributed by atoms with Crippen molar-refractivity contribution in [1.29, 1.82) is 0 Å². The van der Waals surface area contributed by atoms with Gasteiger partial charge in [0.1, 0.15) is 6.61 Å². The Morgan fingerprint density at radius 2 is 1.96 bits per heavy atom. The van der Waals surface area contributed by atoms with E-state index in [-0.39, 0.29) is 18.8 Å². The van der Waals surface area contributed by atoms with E-state index >= 15 is 0 Å². The molecular formula is C19H28N2O5. The Morgan fingerprint density at radius 1 is 1.12 bits per heavy atom. The maximum atomic E-state index is 11.7. The summed E-state index contributed by atoms with van der Waals surface area (Å²) in [5, 5.41) is 2.71. The van der Waals surface area contributed by atoms with E-state index in [0.29, 0.717) is 19.6 Å². The van der Waals surface area contributed by atoms with Crippen molar-refractivity contribution in [2.24, 2.45) is 0 Å². The standard InChI is InChI=1S/C19H28N2O5/c22-17(21-26-18-12-6-8-14-24-18)11-5-2-7-13-20-19(23)25-15-16-9-3-1-4-10-16/h1,3-4,9-10,18H,2,5-8,11-15H2,(H,20,23)(H,21,22). The van der Waals surface area contributed by atoms with Crippen LogP contribution < -0.4 is 10.8 Å². The van der Waals surface area contributed by atoms with E-state index in [0.717, 1.165) is 44.1 Å². The number of hydroxylamine groups is 1. The van der Waals surface area contributed by atoms with Gasteiger partial charge in [-0.2, -0.15) is 0 Å². The van der Waals surface area contributed by atoms with E-state index in [2.05, 4.69) is 10.8 Å². The lowest BCUT2D eigenvalue weighted by Crippen LogP contribution is -2.33. The fraction of sp³-hybridized carbons (Fsp3) is 0.579. The number of hydrogen-bond donors (Lipinski definition) is 2. The fourth-order valence-electron chi connectivity index (χ4n) is 2.54. The molecular weight excluding hydrogens is 336 g/mol. The Hall–Kier alpha value is -2.12. The highest BCUT2D eigenvalue weighted by Gasteiger charge is 2.15. The number of ether oxygens (including phenoxy) is 2. The van der Waals surface area contributed by atoms with Crippen molar-refractivity contribution in [3.8, 4) is 0 Å². The van der Waals surface area contributed by atoms with Gasteiger partial charge in [0.2, 0.25) is 5.91 Å². The molecule has 2 amide bonds. The minimum absolute atomic E-state index is 0.144. The van der Waals surface area contributed by atoms with Gasteiger partial charge in [0, 0.05) is 26.0 Å². The van der Waals surface area contributed by atoms with Gasteiger partial charge in [-0.3, -0.25) is 4.79 Å². The molecule has 0 spiro atoms. The molecule has 2 N–H and O–H groups in total. The molecule has 1 aromatic carbocycles. The van der Waals surface area contributed by atoms with E-state index in [1.54, 1.807) is 0 Å². The van der Waals surface area contributed by atoms with Gasteiger partial charge in [-0.05, 0) is 31.2 Å². The zero-order valence-corrected chi connectivity index (χ0v) is 15.1. The Kier molecular flexibility index (Phi) is 9.53. The Morgan fingerprint density at radius 3 is 2.73 bits per heavy atom. The lowest BCUT2D eigenvalue weighted by Gasteiger charge is -2.22. The average molecular weight is 364 g/mol. The lowest BCUT2D eigenvalue weighted by atomic mass is 10.2. The molecule has 2 rings (SSSR count). The lowest BCUT2D eigenvalue weighted by molar-refractivity contribution is -0.200. The summed E-state index contributed by atoms with van der Waals surface area (Å²) in [6.45, 7) is 1.47. The predicted octanol–water partition coefficient (Wildman–Crippen LogP) is 3.05. The largest absolute Gasteiger partial charge is 0.445 e. The van der Waals surface area contributed by atoms with Crippen LogP contribution in [0, 0.1) is 0 Å². The Bertz CT molecular complexity index is 532. The summed E-state index contributed by atoms with van der Waals surface area (Å²) in [6, 6.07) is 9.53. The molecule has 1 atom stereocenters. The molecule has 1 aliphatic heterocycles. The summed E-state index contributed by atoms with van der Waals surface area (Å²) in [7, 11) is 0. The van der Waals surface area contributed by atoms with Gasteiger partial charge in [-0.1, -0.05) is 36.8 Å². The van der Waals surface area contributed by atoms with Crippen molar-refractivity contribution in [2.45, 2.75) is 57.8 Å². The van der Waals surface area contributed by atoms with Crippen LogP contribution in [0.5, 0.6) is 0 Å². The minimum Gasteiger partial charge on any atom is -0.445 e. The second-order valence-corrected chi connectivity index (χ2v) is 6.24. The van der Waals surface area contributed by atoms with Crippen molar-refractivity contribution in [1.82, 2.24) is 10.8 Å². The van der Waals surface area contributed by atoms with E-state index in [9.17, 15) is 9.59 Å². The van der Waals surface area contributed by atoms with Gasteiger partial charge >= 0.3 is 6.09 Å². The smallest absolute Gasteiger partial charge is 0.407 e. The number of carbonyl (C=O) groups excluding carboxylic acids is 2. The molecule has 144 valence electrons. The SMILES string of the molecule is O=C(CCCCCNC(=O)OCc1ccccc1)NOC1CCCCO1. The summed E-state index contributed by atoms with van der Waals surface area (Å²) in [4.78, 5) is 28.5. The van der Waals surface area contributed by atoms with Crippen molar-refractivity contribution < 1.29 is 23.9 Å². The molecule has 26 heavy (non-hydrogen) atoms. The zero-order chi connectivity index (χ0) is 18.5. The topological polar surface area (TPSA) is 85.9 Å². The summed E-state index contributed by atoms with van der Waals surface area (Å²) in [6.07, 6.45) is 4.93. The van der Waals surface area contributed by atoms with Crippen LogP contribution in [-0.2, 0) is 25.7 Å². The molecule has 1 heterocycles. The van der Waals surface area contributed by atoms with Crippen molar-refractivity contribution >= 4 is 12.0 Å². The molecule has 1 aliphatic rings. The predicted molar refractivity (Wildman–Crippen MR) is 95.9 cm³/mol.